The number of carbonyl (C=O) groups is 1. The molecule has 0 spiro atoms. The van der Waals surface area contributed by atoms with Crippen LogP contribution >= 0.6 is 11.3 Å². The summed E-state index contributed by atoms with van der Waals surface area (Å²) in [6.07, 6.45) is 6.67. The van der Waals surface area contributed by atoms with Crippen LogP contribution in [0.2, 0.25) is 0 Å². The van der Waals surface area contributed by atoms with Gasteiger partial charge in [-0.05, 0) is 62.7 Å². The number of rotatable bonds is 4. The molecule has 0 radical (unpaired) electrons. The van der Waals surface area contributed by atoms with Crippen LogP contribution in [0.15, 0.2) is 0 Å². The number of nitrogens with one attached hydrogen (secondary N) is 1. The number of hydrogen-bond acceptors (Lipinski definition) is 6. The molecule has 1 aromatic rings. The maximum Gasteiger partial charge on any atom is 0.273 e. The Morgan fingerprint density at radius 3 is 2.73 bits per heavy atom. The van der Waals surface area contributed by atoms with Crippen LogP contribution < -0.4 is 10.1 Å². The third kappa shape index (κ3) is 2.75. The lowest BCUT2D eigenvalue weighted by molar-refractivity contribution is -0.136. The van der Waals surface area contributed by atoms with Crippen molar-refractivity contribution in [3.05, 3.63) is 10.6 Å². The smallest absolute Gasteiger partial charge is 0.273 e. The summed E-state index contributed by atoms with van der Waals surface area (Å²) in [6.45, 7) is 0.721. The summed E-state index contributed by atoms with van der Waals surface area (Å²) >= 11 is 1.30. The van der Waals surface area contributed by atoms with Crippen LogP contribution in [0.1, 0.15) is 66.4 Å². The zero-order valence-electron chi connectivity index (χ0n) is 15.1. The van der Waals surface area contributed by atoms with Crippen molar-refractivity contribution in [2.75, 3.05) is 13.7 Å². The van der Waals surface area contributed by atoms with Gasteiger partial charge in [0.15, 0.2) is 0 Å². The van der Waals surface area contributed by atoms with Crippen molar-refractivity contribution in [3.63, 3.8) is 0 Å². The molecule has 3 atom stereocenters. The van der Waals surface area contributed by atoms with Gasteiger partial charge in [-0.2, -0.15) is 0 Å². The molecule has 6 rings (SSSR count). The van der Waals surface area contributed by atoms with E-state index >= 15 is 0 Å². The van der Waals surface area contributed by atoms with E-state index in [0.29, 0.717) is 27.8 Å². The van der Waals surface area contributed by atoms with Crippen LogP contribution in [-0.4, -0.2) is 41.4 Å². The molecule has 1 amide bonds. The van der Waals surface area contributed by atoms with E-state index in [1.807, 2.05) is 0 Å². The Kier molecular flexibility index (Phi) is 4.03. The quantitative estimate of drug-likeness (QED) is 0.842. The highest BCUT2D eigenvalue weighted by molar-refractivity contribution is 7.15. The molecule has 142 valence electrons. The summed E-state index contributed by atoms with van der Waals surface area (Å²) in [5.41, 5.74) is 0.248. The third-order valence-corrected chi connectivity index (χ3v) is 7.82. The second-order valence-corrected chi connectivity index (χ2v) is 9.56. The lowest BCUT2D eigenvalue weighted by atomic mass is 9.52. The van der Waals surface area contributed by atoms with Crippen molar-refractivity contribution in [2.24, 2.45) is 17.8 Å². The van der Waals surface area contributed by atoms with E-state index in [-0.39, 0.29) is 18.1 Å². The van der Waals surface area contributed by atoms with Crippen molar-refractivity contribution in [1.82, 2.24) is 10.3 Å². The molecule has 5 aliphatic rings. The SMILES string of the molecule is COc1nc([C@H]2CCCO2)c(C(=O)NC2C3CC4CC2CC(O)(C4)C3)s1. The summed E-state index contributed by atoms with van der Waals surface area (Å²) < 4.78 is 11.0. The highest BCUT2D eigenvalue weighted by atomic mass is 32.1. The van der Waals surface area contributed by atoms with Crippen LogP contribution in [-0.2, 0) is 4.74 Å². The minimum Gasteiger partial charge on any atom is -0.473 e. The van der Waals surface area contributed by atoms with Gasteiger partial charge in [0.25, 0.3) is 11.1 Å². The Morgan fingerprint density at radius 2 is 2.12 bits per heavy atom. The standard InChI is InChI=1S/C19H26N2O4S/c1-24-18-21-15(13-3-2-4-25-13)16(26-18)17(22)20-14-11-5-10-6-12(14)9-19(23,7-10)8-11/h10-14,23H,2-9H2,1H3,(H,20,22)/t10?,11?,12?,13-,14?,19?/m1/s1. The molecular weight excluding hydrogens is 352 g/mol. The number of amides is 1. The highest BCUT2D eigenvalue weighted by Gasteiger charge is 2.55. The van der Waals surface area contributed by atoms with E-state index in [9.17, 15) is 9.90 Å². The predicted molar refractivity (Wildman–Crippen MR) is 96.4 cm³/mol. The Morgan fingerprint density at radius 1 is 1.35 bits per heavy atom. The topological polar surface area (TPSA) is 80.7 Å². The van der Waals surface area contributed by atoms with E-state index in [0.717, 1.165) is 57.2 Å². The van der Waals surface area contributed by atoms with Gasteiger partial charge in [0.05, 0.1) is 18.4 Å². The Labute approximate surface area is 157 Å². The van der Waals surface area contributed by atoms with E-state index in [2.05, 4.69) is 10.3 Å². The first kappa shape index (κ1) is 17.0. The molecule has 2 heterocycles. The van der Waals surface area contributed by atoms with Gasteiger partial charge in [-0.1, -0.05) is 11.3 Å². The zero-order valence-corrected chi connectivity index (χ0v) is 15.9. The second kappa shape index (κ2) is 6.17. The summed E-state index contributed by atoms with van der Waals surface area (Å²) in [5.74, 6) is 1.38. The monoisotopic (exact) mass is 378 g/mol. The van der Waals surface area contributed by atoms with Crippen LogP contribution in [0, 0.1) is 17.8 Å². The molecule has 4 bridgehead atoms. The largest absolute Gasteiger partial charge is 0.473 e. The van der Waals surface area contributed by atoms with Crippen molar-refractivity contribution < 1.29 is 19.4 Å². The average Bonchev–Trinajstić information content (AvgIpc) is 3.25. The average molecular weight is 378 g/mol. The summed E-state index contributed by atoms with van der Waals surface area (Å²) in [5, 5.41) is 14.6. The number of hydrogen-bond donors (Lipinski definition) is 2. The number of aliphatic hydroxyl groups is 1. The molecule has 2 N–H and O–H groups in total. The minimum atomic E-state index is -0.478. The molecule has 0 aromatic carbocycles. The number of aromatic nitrogens is 1. The van der Waals surface area contributed by atoms with Gasteiger partial charge >= 0.3 is 0 Å². The first-order chi connectivity index (χ1) is 12.5. The Hall–Kier alpha value is -1.18. The van der Waals surface area contributed by atoms with Gasteiger partial charge in [-0.25, -0.2) is 4.98 Å². The molecule has 1 aromatic heterocycles. The Bertz CT molecular complexity index is 698. The molecule has 1 aliphatic heterocycles. The van der Waals surface area contributed by atoms with Gasteiger partial charge in [0, 0.05) is 12.6 Å². The lowest BCUT2D eigenvalue weighted by Gasteiger charge is -2.58. The zero-order chi connectivity index (χ0) is 17.9. The van der Waals surface area contributed by atoms with E-state index in [4.69, 9.17) is 9.47 Å². The highest BCUT2D eigenvalue weighted by Crippen LogP contribution is 2.55. The van der Waals surface area contributed by atoms with Crippen LogP contribution in [0.25, 0.3) is 0 Å². The molecule has 4 saturated carbocycles. The predicted octanol–water partition coefficient (Wildman–Crippen LogP) is 2.67. The molecule has 6 nitrogen and oxygen atoms in total. The van der Waals surface area contributed by atoms with Gasteiger partial charge in [0.2, 0.25) is 0 Å². The number of nitrogens with zero attached hydrogens (tertiary/aromatic N) is 1. The number of thiazole rings is 1. The molecule has 26 heavy (non-hydrogen) atoms. The fraction of sp³-hybridized carbons (Fsp3) is 0.789. The molecule has 2 unspecified atom stereocenters. The van der Waals surface area contributed by atoms with Crippen molar-refractivity contribution in [1.29, 1.82) is 0 Å². The normalized spacial score (nSPS) is 40.8. The molecular formula is C19H26N2O4S. The van der Waals surface area contributed by atoms with Crippen molar-refractivity contribution >= 4 is 17.2 Å². The maximum absolute atomic E-state index is 13.1. The van der Waals surface area contributed by atoms with Gasteiger partial charge in [0.1, 0.15) is 11.0 Å². The van der Waals surface area contributed by atoms with Gasteiger partial charge < -0.3 is 19.9 Å². The van der Waals surface area contributed by atoms with E-state index < -0.39 is 5.60 Å². The van der Waals surface area contributed by atoms with Gasteiger partial charge in [-0.15, -0.1) is 0 Å². The number of ether oxygens (including phenoxy) is 2. The van der Waals surface area contributed by atoms with Crippen molar-refractivity contribution in [3.8, 4) is 5.19 Å². The summed E-state index contributed by atoms with van der Waals surface area (Å²) in [6, 6.07) is 0.171. The second-order valence-electron chi connectivity index (χ2n) is 8.59. The first-order valence-electron chi connectivity index (χ1n) is 9.74. The third-order valence-electron chi connectivity index (χ3n) is 6.79. The fourth-order valence-corrected chi connectivity index (χ4v) is 6.84. The van der Waals surface area contributed by atoms with Gasteiger partial charge in [-0.3, -0.25) is 4.79 Å². The Balaban J connectivity index is 1.37. The van der Waals surface area contributed by atoms with Crippen LogP contribution in [0.5, 0.6) is 5.19 Å². The summed E-state index contributed by atoms with van der Waals surface area (Å²) in [7, 11) is 1.58. The molecule has 7 heteroatoms. The van der Waals surface area contributed by atoms with Crippen LogP contribution in [0.3, 0.4) is 0 Å². The molecule has 5 fully saturated rings. The number of carbonyl (C=O) groups excluding carboxylic acids is 1. The van der Waals surface area contributed by atoms with E-state index in [1.54, 1.807) is 7.11 Å². The van der Waals surface area contributed by atoms with Crippen LogP contribution in [0.4, 0.5) is 0 Å². The number of methoxy groups -OCH3 is 1. The first-order valence-corrected chi connectivity index (χ1v) is 10.6. The summed E-state index contributed by atoms with van der Waals surface area (Å²) in [4.78, 5) is 18.2. The molecule has 1 saturated heterocycles. The minimum absolute atomic E-state index is 0.0548. The lowest BCUT2D eigenvalue weighted by Crippen LogP contribution is -2.61. The fourth-order valence-electron chi connectivity index (χ4n) is 6.01. The molecule has 4 aliphatic carbocycles. The van der Waals surface area contributed by atoms with E-state index in [1.165, 1.54) is 11.3 Å². The van der Waals surface area contributed by atoms with Crippen molar-refractivity contribution in [2.45, 2.75) is 62.7 Å². The maximum atomic E-state index is 13.1.